The largest absolute Gasteiger partial charge is 0.383 e. The summed E-state index contributed by atoms with van der Waals surface area (Å²) in [5.41, 5.74) is 2.82. The summed E-state index contributed by atoms with van der Waals surface area (Å²) in [6.07, 6.45) is 5.96. The molecule has 3 aliphatic rings. The van der Waals surface area contributed by atoms with Gasteiger partial charge in [0.2, 0.25) is 5.91 Å². The first-order valence-corrected chi connectivity index (χ1v) is 11.4. The van der Waals surface area contributed by atoms with Crippen molar-refractivity contribution in [3.8, 4) is 0 Å². The summed E-state index contributed by atoms with van der Waals surface area (Å²) >= 11 is 1.57. The Hall–Kier alpha value is -2.31. The number of hydrogen-bond acceptors (Lipinski definition) is 4. The number of methoxy groups -OCH3 is 1. The van der Waals surface area contributed by atoms with E-state index in [0.29, 0.717) is 24.1 Å². The van der Waals surface area contributed by atoms with Crippen molar-refractivity contribution in [3.05, 3.63) is 48.0 Å². The maximum Gasteiger partial charge on any atom is 0.259 e. The van der Waals surface area contributed by atoms with Gasteiger partial charge in [-0.15, -0.1) is 0 Å². The maximum absolute atomic E-state index is 13.2. The Morgan fingerprint density at radius 1 is 1.20 bits per heavy atom. The zero-order chi connectivity index (χ0) is 20.7. The molecular weight excluding hydrogens is 396 g/mol. The lowest BCUT2D eigenvalue weighted by atomic mass is 9.51. The first kappa shape index (κ1) is 19.6. The smallest absolute Gasteiger partial charge is 0.259 e. The van der Waals surface area contributed by atoms with E-state index in [0.717, 1.165) is 34.0 Å². The lowest BCUT2D eigenvalue weighted by Gasteiger charge is -2.53. The van der Waals surface area contributed by atoms with Crippen molar-refractivity contribution in [1.29, 1.82) is 0 Å². The normalized spacial score (nSPS) is 19.4. The van der Waals surface area contributed by atoms with Crippen LogP contribution in [0.15, 0.2) is 52.3 Å². The van der Waals surface area contributed by atoms with Gasteiger partial charge in [-0.25, -0.2) is 0 Å². The average molecular weight is 423 g/mol. The summed E-state index contributed by atoms with van der Waals surface area (Å²) in [5.74, 6) is 0.238. The summed E-state index contributed by atoms with van der Waals surface area (Å²) in [7, 11) is 1.64. The second kappa shape index (κ2) is 7.75. The van der Waals surface area contributed by atoms with Gasteiger partial charge in [0.25, 0.3) is 5.91 Å². The van der Waals surface area contributed by atoms with Gasteiger partial charge in [-0.2, -0.15) is 0 Å². The zero-order valence-corrected chi connectivity index (χ0v) is 18.0. The van der Waals surface area contributed by atoms with Crippen LogP contribution >= 0.6 is 11.8 Å². The van der Waals surface area contributed by atoms with Crippen molar-refractivity contribution >= 4 is 35.0 Å². The molecule has 0 radical (unpaired) electrons. The van der Waals surface area contributed by atoms with Gasteiger partial charge in [-0.3, -0.25) is 9.59 Å². The molecule has 2 amide bonds. The van der Waals surface area contributed by atoms with E-state index in [4.69, 9.17) is 4.74 Å². The molecule has 1 spiro atoms. The molecule has 5 rings (SSSR count). The van der Waals surface area contributed by atoms with E-state index < -0.39 is 0 Å². The molecule has 0 unspecified atom stereocenters. The van der Waals surface area contributed by atoms with E-state index in [-0.39, 0.29) is 17.7 Å². The predicted molar refractivity (Wildman–Crippen MR) is 118 cm³/mol. The number of benzene rings is 2. The van der Waals surface area contributed by atoms with Crippen LogP contribution in [0.5, 0.6) is 0 Å². The highest BCUT2D eigenvalue weighted by Gasteiger charge is 2.50. The van der Waals surface area contributed by atoms with Crippen molar-refractivity contribution in [2.75, 3.05) is 30.5 Å². The van der Waals surface area contributed by atoms with Gasteiger partial charge < -0.3 is 15.0 Å². The number of fused-ring (bicyclic) bond motifs is 2. The number of carbonyl (C=O) groups excluding carboxylic acids is 2. The molecule has 2 aliphatic carbocycles. The predicted octanol–water partition coefficient (Wildman–Crippen LogP) is 4.96. The summed E-state index contributed by atoms with van der Waals surface area (Å²) in [4.78, 5) is 29.6. The zero-order valence-electron chi connectivity index (χ0n) is 17.1. The number of carbonyl (C=O) groups is 2. The fourth-order valence-corrected chi connectivity index (χ4v) is 6.02. The van der Waals surface area contributed by atoms with E-state index in [2.05, 4.69) is 5.32 Å². The van der Waals surface area contributed by atoms with Crippen molar-refractivity contribution in [2.24, 2.45) is 11.3 Å². The van der Waals surface area contributed by atoms with E-state index >= 15 is 0 Å². The third kappa shape index (κ3) is 3.42. The Labute approximate surface area is 181 Å². The molecule has 2 fully saturated rings. The fraction of sp³-hybridized carbons (Fsp3) is 0.417. The van der Waals surface area contributed by atoms with Crippen LogP contribution in [0.4, 0.5) is 11.4 Å². The lowest BCUT2D eigenvalue weighted by molar-refractivity contribution is -0.131. The standard InChI is InChI=1S/C24H26N2O3S/c1-29-12-11-26-19-8-7-17(25-22(27)16-14-24(15-16)9-4-10-24)13-21(19)30-20-6-3-2-5-18(20)23(26)28/h2-3,5-8,13,16H,4,9-12,14-15H2,1H3,(H,25,27). The molecule has 0 saturated heterocycles. The van der Waals surface area contributed by atoms with Gasteiger partial charge in [-0.1, -0.05) is 30.3 Å². The van der Waals surface area contributed by atoms with Crippen molar-refractivity contribution in [1.82, 2.24) is 0 Å². The number of amides is 2. The third-order valence-corrected chi connectivity index (χ3v) is 7.89. The first-order valence-electron chi connectivity index (χ1n) is 10.6. The van der Waals surface area contributed by atoms with Crippen LogP contribution in [0.1, 0.15) is 42.5 Å². The van der Waals surface area contributed by atoms with Crippen LogP contribution in [0.25, 0.3) is 0 Å². The highest BCUT2D eigenvalue weighted by molar-refractivity contribution is 7.99. The average Bonchev–Trinajstić information content (AvgIpc) is 2.78. The number of ether oxygens (including phenoxy) is 1. The van der Waals surface area contributed by atoms with Crippen LogP contribution in [-0.4, -0.2) is 32.1 Å². The SMILES string of the molecule is COCCN1C(=O)c2ccccc2Sc2cc(NC(=O)C3CC4(CCC4)C3)ccc21. The van der Waals surface area contributed by atoms with E-state index in [1.165, 1.54) is 19.3 Å². The Balaban J connectivity index is 1.40. The summed E-state index contributed by atoms with van der Waals surface area (Å²) in [6.45, 7) is 0.938. The molecule has 1 aliphatic heterocycles. The van der Waals surface area contributed by atoms with Crippen LogP contribution in [-0.2, 0) is 9.53 Å². The highest BCUT2D eigenvalue weighted by Crippen LogP contribution is 2.58. The fourth-order valence-electron chi connectivity index (χ4n) is 4.91. The number of nitrogens with zero attached hydrogens (tertiary/aromatic N) is 1. The van der Waals surface area contributed by atoms with Gasteiger partial charge in [-0.05, 0) is 61.4 Å². The van der Waals surface area contributed by atoms with Gasteiger partial charge >= 0.3 is 0 Å². The molecule has 1 N–H and O–H groups in total. The maximum atomic E-state index is 13.2. The molecule has 0 bridgehead atoms. The molecule has 5 nitrogen and oxygen atoms in total. The van der Waals surface area contributed by atoms with Gasteiger partial charge in [0, 0.05) is 35.1 Å². The van der Waals surface area contributed by atoms with E-state index in [1.807, 2.05) is 42.5 Å². The molecule has 156 valence electrons. The molecule has 6 heteroatoms. The Morgan fingerprint density at radius 2 is 2.00 bits per heavy atom. The van der Waals surface area contributed by atoms with Crippen LogP contribution in [0.3, 0.4) is 0 Å². The van der Waals surface area contributed by atoms with Crippen LogP contribution in [0, 0.1) is 11.3 Å². The molecule has 2 saturated carbocycles. The Bertz CT molecular complexity index is 994. The minimum absolute atomic E-state index is 0.0223. The topological polar surface area (TPSA) is 58.6 Å². The minimum Gasteiger partial charge on any atom is -0.383 e. The van der Waals surface area contributed by atoms with Gasteiger partial charge in [0.15, 0.2) is 0 Å². The van der Waals surface area contributed by atoms with Gasteiger partial charge in [0.1, 0.15) is 0 Å². The second-order valence-corrected chi connectivity index (χ2v) is 9.76. The van der Waals surface area contributed by atoms with Crippen LogP contribution in [0.2, 0.25) is 0 Å². The summed E-state index contributed by atoms with van der Waals surface area (Å²) in [5, 5.41) is 3.11. The van der Waals surface area contributed by atoms with E-state index in [9.17, 15) is 9.59 Å². The number of nitrogens with one attached hydrogen (secondary N) is 1. The number of hydrogen-bond donors (Lipinski definition) is 1. The minimum atomic E-state index is -0.0223. The third-order valence-electron chi connectivity index (χ3n) is 6.76. The highest BCUT2D eigenvalue weighted by atomic mass is 32.2. The molecule has 30 heavy (non-hydrogen) atoms. The molecule has 2 aromatic rings. The molecule has 2 aromatic carbocycles. The van der Waals surface area contributed by atoms with Crippen molar-refractivity contribution in [3.63, 3.8) is 0 Å². The molecule has 0 atom stereocenters. The Morgan fingerprint density at radius 3 is 2.73 bits per heavy atom. The summed E-state index contributed by atoms with van der Waals surface area (Å²) < 4.78 is 5.23. The van der Waals surface area contributed by atoms with Crippen molar-refractivity contribution in [2.45, 2.75) is 41.9 Å². The number of rotatable bonds is 5. The lowest BCUT2D eigenvalue weighted by Crippen LogP contribution is -2.47. The monoisotopic (exact) mass is 422 g/mol. The number of anilines is 2. The van der Waals surface area contributed by atoms with Gasteiger partial charge in [0.05, 0.1) is 17.9 Å². The first-order chi connectivity index (χ1) is 14.6. The van der Waals surface area contributed by atoms with Crippen LogP contribution < -0.4 is 10.2 Å². The quantitative estimate of drug-likeness (QED) is 0.740. The molecule has 0 aromatic heterocycles. The molecule has 1 heterocycles. The second-order valence-electron chi connectivity index (χ2n) is 8.68. The summed E-state index contributed by atoms with van der Waals surface area (Å²) in [6, 6.07) is 13.5. The van der Waals surface area contributed by atoms with E-state index in [1.54, 1.807) is 23.8 Å². The molecular formula is C24H26N2O3S. The van der Waals surface area contributed by atoms with Crippen molar-refractivity contribution < 1.29 is 14.3 Å². The Kier molecular flexibility index (Phi) is 5.07.